The van der Waals surface area contributed by atoms with Gasteiger partial charge in [0.15, 0.2) is 0 Å². The third kappa shape index (κ3) is 3.67. The Kier molecular flexibility index (Phi) is 6.22. The average Bonchev–Trinajstić information content (AvgIpc) is 2.55. The minimum atomic E-state index is 0.573. The topological polar surface area (TPSA) is 17.8 Å². The van der Waals surface area contributed by atoms with Crippen LogP contribution in [0.2, 0.25) is 0 Å². The third-order valence-electron chi connectivity index (χ3n) is 2.41. The van der Waals surface area contributed by atoms with E-state index in [2.05, 4.69) is 34.9 Å². The van der Waals surface area contributed by atoms with E-state index in [1.165, 1.54) is 10.2 Å². The Bertz CT molecular complexity index is 341. The molecule has 1 aromatic heterocycles. The van der Waals surface area contributed by atoms with Crippen molar-refractivity contribution in [3.63, 3.8) is 0 Å². The van der Waals surface area contributed by atoms with Gasteiger partial charge in [0, 0.05) is 18.7 Å². The van der Waals surface area contributed by atoms with Crippen LogP contribution in [-0.2, 0) is 19.2 Å². The average molecular weight is 326 g/mol. The van der Waals surface area contributed by atoms with Gasteiger partial charge in [-0.2, -0.15) is 16.9 Å². The predicted molar refractivity (Wildman–Crippen MR) is 76.3 cm³/mol. The molecule has 1 heterocycles. The number of thioether (sulfide) groups is 1. The summed E-state index contributed by atoms with van der Waals surface area (Å²) in [4.78, 5) is 0. The van der Waals surface area contributed by atoms with E-state index in [0.29, 0.717) is 5.92 Å². The van der Waals surface area contributed by atoms with Gasteiger partial charge in [-0.3, -0.25) is 4.68 Å². The summed E-state index contributed by atoms with van der Waals surface area (Å²) in [6.07, 6.45) is 0.969. The molecule has 1 unspecified atom stereocenters. The molecule has 0 aliphatic carbocycles. The number of aryl methyl sites for hydroxylation is 2. The second-order valence-corrected chi connectivity index (χ2v) is 6.09. The maximum atomic E-state index is 5.78. The zero-order valence-electron chi connectivity index (χ0n) is 9.96. The zero-order chi connectivity index (χ0) is 12.1. The molecule has 5 heteroatoms. The van der Waals surface area contributed by atoms with Crippen molar-refractivity contribution >= 4 is 39.3 Å². The maximum absolute atomic E-state index is 5.78. The van der Waals surface area contributed by atoms with Crippen molar-refractivity contribution < 1.29 is 0 Å². The summed E-state index contributed by atoms with van der Waals surface area (Å²) in [6, 6.07) is 0. The molecule has 0 saturated carbocycles. The first-order valence-electron chi connectivity index (χ1n) is 5.44. The minimum Gasteiger partial charge on any atom is -0.270 e. The molecule has 0 radical (unpaired) electrons. The lowest BCUT2D eigenvalue weighted by molar-refractivity contribution is 0.718. The molecule has 0 saturated heterocycles. The largest absolute Gasteiger partial charge is 0.270 e. The normalized spacial score (nSPS) is 13.1. The highest BCUT2D eigenvalue weighted by Gasteiger charge is 2.12. The van der Waals surface area contributed by atoms with Crippen LogP contribution in [-0.4, -0.2) is 21.4 Å². The van der Waals surface area contributed by atoms with Crippen molar-refractivity contribution in [3.8, 4) is 0 Å². The van der Waals surface area contributed by atoms with Gasteiger partial charge in [0.25, 0.3) is 0 Å². The van der Waals surface area contributed by atoms with Gasteiger partial charge in [-0.05, 0) is 34.0 Å². The first kappa shape index (κ1) is 14.4. The van der Waals surface area contributed by atoms with Gasteiger partial charge in [0.1, 0.15) is 0 Å². The fraction of sp³-hybridized carbons (Fsp3) is 0.727. The maximum Gasteiger partial charge on any atom is 0.0767 e. The van der Waals surface area contributed by atoms with Gasteiger partial charge < -0.3 is 0 Å². The van der Waals surface area contributed by atoms with Gasteiger partial charge >= 0.3 is 0 Å². The van der Waals surface area contributed by atoms with Crippen LogP contribution in [0.1, 0.15) is 25.2 Å². The molecule has 1 rings (SSSR count). The molecular weight excluding hydrogens is 308 g/mol. The quantitative estimate of drug-likeness (QED) is 0.739. The van der Waals surface area contributed by atoms with Crippen LogP contribution >= 0.6 is 39.3 Å². The summed E-state index contributed by atoms with van der Waals surface area (Å²) in [7, 11) is 2.00. The highest BCUT2D eigenvalue weighted by molar-refractivity contribution is 9.10. The highest BCUT2D eigenvalue weighted by atomic mass is 79.9. The smallest absolute Gasteiger partial charge is 0.0767 e. The fourth-order valence-electron chi connectivity index (χ4n) is 1.38. The fourth-order valence-corrected chi connectivity index (χ4v) is 3.72. The molecule has 0 amide bonds. The molecule has 0 bridgehead atoms. The van der Waals surface area contributed by atoms with E-state index >= 15 is 0 Å². The van der Waals surface area contributed by atoms with E-state index in [0.717, 1.165) is 29.5 Å². The predicted octanol–water partition coefficient (Wildman–Crippen LogP) is 3.85. The lowest BCUT2D eigenvalue weighted by Gasteiger charge is -2.07. The van der Waals surface area contributed by atoms with Gasteiger partial charge in [-0.1, -0.05) is 13.8 Å². The molecule has 0 fully saturated rings. The van der Waals surface area contributed by atoms with E-state index in [4.69, 9.17) is 11.6 Å². The van der Waals surface area contributed by atoms with Gasteiger partial charge in [0.2, 0.25) is 0 Å². The molecule has 92 valence electrons. The number of halogens is 2. The molecule has 0 aliphatic heterocycles. The monoisotopic (exact) mass is 324 g/mol. The molecule has 1 atom stereocenters. The van der Waals surface area contributed by atoms with Crippen LogP contribution in [0.5, 0.6) is 0 Å². The van der Waals surface area contributed by atoms with E-state index < -0.39 is 0 Å². The molecule has 0 spiro atoms. The SMILES string of the molecule is CCc1nn(C)c(CSCC(C)CCl)c1Br. The van der Waals surface area contributed by atoms with Crippen LogP contribution in [0.15, 0.2) is 4.47 Å². The van der Waals surface area contributed by atoms with E-state index in [-0.39, 0.29) is 0 Å². The Labute approximate surface area is 115 Å². The Hall–Kier alpha value is 0.330. The van der Waals surface area contributed by atoms with Crippen LogP contribution in [0.25, 0.3) is 0 Å². The van der Waals surface area contributed by atoms with Crippen LogP contribution in [0.3, 0.4) is 0 Å². The summed E-state index contributed by atoms with van der Waals surface area (Å²) in [5.74, 6) is 3.40. The Morgan fingerprint density at radius 3 is 2.75 bits per heavy atom. The Morgan fingerprint density at radius 2 is 2.25 bits per heavy atom. The molecule has 0 aromatic carbocycles. The highest BCUT2D eigenvalue weighted by Crippen LogP contribution is 2.26. The van der Waals surface area contributed by atoms with E-state index in [1.54, 1.807) is 0 Å². The third-order valence-corrected chi connectivity index (χ3v) is 5.13. The van der Waals surface area contributed by atoms with Crippen molar-refractivity contribution in [2.24, 2.45) is 13.0 Å². The number of hydrogen-bond acceptors (Lipinski definition) is 2. The molecule has 2 nitrogen and oxygen atoms in total. The van der Waals surface area contributed by atoms with E-state index in [9.17, 15) is 0 Å². The number of hydrogen-bond donors (Lipinski definition) is 0. The Morgan fingerprint density at radius 1 is 1.56 bits per heavy atom. The summed E-state index contributed by atoms with van der Waals surface area (Å²) in [5.41, 5.74) is 2.41. The van der Waals surface area contributed by atoms with Crippen LogP contribution in [0.4, 0.5) is 0 Å². The summed E-state index contributed by atoms with van der Waals surface area (Å²) in [6.45, 7) is 4.30. The minimum absolute atomic E-state index is 0.573. The number of alkyl halides is 1. The lowest BCUT2D eigenvalue weighted by Crippen LogP contribution is -2.02. The summed E-state index contributed by atoms with van der Waals surface area (Å²) in [5, 5.41) is 4.48. The molecule has 0 N–H and O–H groups in total. The second-order valence-electron chi connectivity index (χ2n) is 3.96. The van der Waals surface area contributed by atoms with Crippen molar-refractivity contribution in [1.82, 2.24) is 9.78 Å². The lowest BCUT2D eigenvalue weighted by atomic mass is 10.3. The molecule has 0 aliphatic rings. The van der Waals surface area contributed by atoms with Gasteiger partial charge in [-0.15, -0.1) is 11.6 Å². The summed E-state index contributed by atoms with van der Waals surface area (Å²) < 4.78 is 3.14. The molecule has 16 heavy (non-hydrogen) atoms. The van der Waals surface area contributed by atoms with Crippen molar-refractivity contribution in [3.05, 3.63) is 15.9 Å². The van der Waals surface area contributed by atoms with E-state index in [1.807, 2.05) is 23.5 Å². The van der Waals surface area contributed by atoms with Crippen LogP contribution in [0, 0.1) is 5.92 Å². The van der Waals surface area contributed by atoms with Crippen molar-refractivity contribution in [2.75, 3.05) is 11.6 Å². The first-order valence-corrected chi connectivity index (χ1v) is 7.92. The molecule has 1 aromatic rings. The molecular formula is C11H18BrClN2S. The van der Waals surface area contributed by atoms with Gasteiger partial charge in [0.05, 0.1) is 15.9 Å². The zero-order valence-corrected chi connectivity index (χ0v) is 13.1. The summed E-state index contributed by atoms with van der Waals surface area (Å²) >= 11 is 11.3. The van der Waals surface area contributed by atoms with Crippen LogP contribution < -0.4 is 0 Å². The number of rotatable bonds is 6. The number of nitrogens with zero attached hydrogens (tertiary/aromatic N) is 2. The Balaban J connectivity index is 2.56. The van der Waals surface area contributed by atoms with Gasteiger partial charge in [-0.25, -0.2) is 0 Å². The first-order chi connectivity index (χ1) is 7.60. The second kappa shape index (κ2) is 6.92. The van der Waals surface area contributed by atoms with Crippen molar-refractivity contribution in [1.29, 1.82) is 0 Å². The van der Waals surface area contributed by atoms with Crippen molar-refractivity contribution in [2.45, 2.75) is 26.0 Å². The number of aromatic nitrogens is 2. The standard InChI is InChI=1S/C11H18BrClN2S/c1-4-9-11(12)10(15(3)14-9)7-16-6-8(2)5-13/h8H,4-7H2,1-3H3.